The van der Waals surface area contributed by atoms with Crippen LogP contribution in [0, 0.1) is 0 Å². The van der Waals surface area contributed by atoms with Crippen LogP contribution in [0.5, 0.6) is 0 Å². The number of ether oxygens (including phenoxy) is 1. The number of nitrogens with zero attached hydrogens (tertiary/aromatic N) is 2. The molecule has 0 spiro atoms. The second kappa shape index (κ2) is 5.65. The third-order valence-corrected chi connectivity index (χ3v) is 3.76. The molecule has 0 aliphatic carbocycles. The molecule has 1 aromatic carbocycles. The first-order valence-corrected chi connectivity index (χ1v) is 6.98. The molecule has 2 unspecified atom stereocenters. The highest BCUT2D eigenvalue weighted by molar-refractivity contribution is 5.88. The molecule has 6 heteroatoms. The van der Waals surface area contributed by atoms with Gasteiger partial charge in [-0.25, -0.2) is 4.79 Å². The largest absolute Gasteiger partial charge is 0.478 e. The fourth-order valence-corrected chi connectivity index (χ4v) is 2.60. The van der Waals surface area contributed by atoms with Crippen molar-refractivity contribution in [3.63, 3.8) is 0 Å². The summed E-state index contributed by atoms with van der Waals surface area (Å²) in [6.07, 6.45) is 1.93. The molecule has 21 heavy (non-hydrogen) atoms. The van der Waals surface area contributed by atoms with E-state index in [1.54, 1.807) is 12.1 Å². The van der Waals surface area contributed by atoms with E-state index in [9.17, 15) is 4.79 Å². The van der Waals surface area contributed by atoms with Gasteiger partial charge in [0.15, 0.2) is 0 Å². The Morgan fingerprint density at radius 2 is 2.14 bits per heavy atom. The molecule has 2 atom stereocenters. The van der Waals surface area contributed by atoms with Gasteiger partial charge in [-0.15, -0.1) is 0 Å². The maximum atomic E-state index is 10.8. The van der Waals surface area contributed by atoms with E-state index in [2.05, 4.69) is 17.1 Å². The highest BCUT2D eigenvalue weighted by Gasteiger charge is 2.32. The zero-order chi connectivity index (χ0) is 14.8. The van der Waals surface area contributed by atoms with Crippen molar-refractivity contribution >= 4 is 5.97 Å². The molecule has 2 aromatic rings. The van der Waals surface area contributed by atoms with E-state index in [-0.39, 0.29) is 17.6 Å². The fourth-order valence-electron chi connectivity index (χ4n) is 2.60. The Bertz CT molecular complexity index is 635. The summed E-state index contributed by atoms with van der Waals surface area (Å²) in [5, 5.41) is 12.9. The molecule has 0 radical (unpaired) electrons. The number of hydrogen-bond donors (Lipinski definition) is 1. The lowest BCUT2D eigenvalue weighted by Gasteiger charge is -2.11. The lowest BCUT2D eigenvalue weighted by molar-refractivity contribution is 0.0697. The van der Waals surface area contributed by atoms with Gasteiger partial charge in [-0.1, -0.05) is 24.2 Å². The third kappa shape index (κ3) is 2.67. The molecule has 110 valence electrons. The van der Waals surface area contributed by atoms with Crippen molar-refractivity contribution in [3.05, 3.63) is 35.7 Å². The van der Waals surface area contributed by atoms with Crippen molar-refractivity contribution in [1.29, 1.82) is 0 Å². The van der Waals surface area contributed by atoms with E-state index in [4.69, 9.17) is 14.4 Å². The fraction of sp³-hybridized carbons (Fsp3) is 0.400. The van der Waals surface area contributed by atoms with Gasteiger partial charge < -0.3 is 14.4 Å². The molecule has 0 bridgehead atoms. The van der Waals surface area contributed by atoms with Crippen molar-refractivity contribution < 1.29 is 19.2 Å². The van der Waals surface area contributed by atoms with Crippen molar-refractivity contribution in [2.75, 3.05) is 6.61 Å². The monoisotopic (exact) mass is 288 g/mol. The average molecular weight is 288 g/mol. The Morgan fingerprint density at radius 1 is 1.38 bits per heavy atom. The van der Waals surface area contributed by atoms with Gasteiger partial charge in [-0.2, -0.15) is 4.98 Å². The maximum Gasteiger partial charge on any atom is 0.335 e. The Kier molecular flexibility index (Phi) is 3.70. The molecule has 2 heterocycles. The highest BCUT2D eigenvalue weighted by Crippen LogP contribution is 2.32. The van der Waals surface area contributed by atoms with Crippen LogP contribution in [-0.4, -0.2) is 33.9 Å². The molecule has 1 saturated heterocycles. The molecule has 6 nitrogen and oxygen atoms in total. The predicted molar refractivity (Wildman–Crippen MR) is 74.1 cm³/mol. The zero-order valence-electron chi connectivity index (χ0n) is 11.7. The molecule has 1 N–H and O–H groups in total. The van der Waals surface area contributed by atoms with E-state index in [0.29, 0.717) is 18.3 Å². The lowest BCUT2D eigenvalue weighted by Crippen LogP contribution is -2.13. The Morgan fingerprint density at radius 3 is 2.81 bits per heavy atom. The summed E-state index contributed by atoms with van der Waals surface area (Å²) < 4.78 is 11.0. The van der Waals surface area contributed by atoms with Gasteiger partial charge in [0.2, 0.25) is 11.7 Å². The first kappa shape index (κ1) is 13.8. The summed E-state index contributed by atoms with van der Waals surface area (Å²) >= 11 is 0. The SMILES string of the molecule is CCC1OCCC1c1nc(-c2ccc(C(=O)O)cc2)no1. The molecule has 1 aliphatic rings. The van der Waals surface area contributed by atoms with Gasteiger partial charge in [0, 0.05) is 12.2 Å². The van der Waals surface area contributed by atoms with Crippen LogP contribution < -0.4 is 0 Å². The Balaban J connectivity index is 1.82. The van der Waals surface area contributed by atoms with Crippen molar-refractivity contribution in [2.24, 2.45) is 0 Å². The number of aromatic nitrogens is 2. The van der Waals surface area contributed by atoms with Gasteiger partial charge >= 0.3 is 5.97 Å². The van der Waals surface area contributed by atoms with Crippen molar-refractivity contribution in [2.45, 2.75) is 31.8 Å². The molecule has 0 saturated carbocycles. The number of carboxylic acids is 1. The summed E-state index contributed by atoms with van der Waals surface area (Å²) in [5.74, 6) is 0.263. The maximum absolute atomic E-state index is 10.8. The van der Waals surface area contributed by atoms with Gasteiger partial charge in [0.25, 0.3) is 0 Å². The minimum Gasteiger partial charge on any atom is -0.478 e. The Labute approximate surface area is 121 Å². The van der Waals surface area contributed by atoms with Crippen molar-refractivity contribution in [3.8, 4) is 11.4 Å². The number of hydrogen-bond acceptors (Lipinski definition) is 5. The van der Waals surface area contributed by atoms with Gasteiger partial charge in [0.05, 0.1) is 17.6 Å². The van der Waals surface area contributed by atoms with E-state index >= 15 is 0 Å². The van der Waals surface area contributed by atoms with Crippen LogP contribution in [0.2, 0.25) is 0 Å². The summed E-state index contributed by atoms with van der Waals surface area (Å²) in [5.41, 5.74) is 0.972. The first-order valence-electron chi connectivity index (χ1n) is 6.98. The number of carbonyl (C=O) groups is 1. The van der Waals surface area contributed by atoms with E-state index in [1.165, 1.54) is 12.1 Å². The minimum atomic E-state index is -0.954. The molecular weight excluding hydrogens is 272 g/mol. The number of aromatic carboxylic acids is 1. The van der Waals surface area contributed by atoms with Crippen LogP contribution in [0.4, 0.5) is 0 Å². The highest BCUT2D eigenvalue weighted by atomic mass is 16.5. The quantitative estimate of drug-likeness (QED) is 0.931. The van der Waals surface area contributed by atoms with E-state index in [1.807, 2.05) is 0 Å². The second-order valence-electron chi connectivity index (χ2n) is 5.05. The smallest absolute Gasteiger partial charge is 0.335 e. The summed E-state index contributed by atoms with van der Waals surface area (Å²) in [7, 11) is 0. The topological polar surface area (TPSA) is 85.5 Å². The summed E-state index contributed by atoms with van der Waals surface area (Å²) in [6, 6.07) is 6.42. The van der Waals surface area contributed by atoms with Crippen LogP contribution in [0.15, 0.2) is 28.8 Å². The number of rotatable bonds is 4. The zero-order valence-corrected chi connectivity index (χ0v) is 11.7. The number of benzene rings is 1. The average Bonchev–Trinajstić information content (AvgIpc) is 3.15. The summed E-state index contributed by atoms with van der Waals surface area (Å²) in [6.45, 7) is 2.79. The number of carboxylic acid groups (broad SMARTS) is 1. The van der Waals surface area contributed by atoms with Crippen LogP contribution >= 0.6 is 0 Å². The van der Waals surface area contributed by atoms with Gasteiger partial charge in [-0.3, -0.25) is 0 Å². The summed E-state index contributed by atoms with van der Waals surface area (Å²) in [4.78, 5) is 15.3. The predicted octanol–water partition coefficient (Wildman–Crippen LogP) is 2.72. The normalized spacial score (nSPS) is 21.6. The lowest BCUT2D eigenvalue weighted by atomic mass is 10.00. The third-order valence-electron chi connectivity index (χ3n) is 3.76. The first-order chi connectivity index (χ1) is 10.2. The Hall–Kier alpha value is -2.21. The molecule has 1 fully saturated rings. The van der Waals surface area contributed by atoms with Crippen LogP contribution in [0.25, 0.3) is 11.4 Å². The van der Waals surface area contributed by atoms with Crippen molar-refractivity contribution in [1.82, 2.24) is 10.1 Å². The van der Waals surface area contributed by atoms with Crippen LogP contribution in [0.1, 0.15) is 41.9 Å². The van der Waals surface area contributed by atoms with Crippen LogP contribution in [0.3, 0.4) is 0 Å². The van der Waals surface area contributed by atoms with E-state index in [0.717, 1.165) is 18.4 Å². The van der Waals surface area contributed by atoms with Gasteiger partial charge in [-0.05, 0) is 25.0 Å². The standard InChI is InChI=1S/C15H16N2O4/c1-2-12-11(7-8-20-12)14-16-13(17-21-14)9-3-5-10(6-4-9)15(18)19/h3-6,11-12H,2,7-8H2,1H3,(H,18,19). The van der Waals surface area contributed by atoms with Gasteiger partial charge in [0.1, 0.15) is 0 Å². The molecular formula is C15H16N2O4. The molecule has 3 rings (SSSR count). The molecule has 1 aliphatic heterocycles. The van der Waals surface area contributed by atoms with Crippen LogP contribution in [-0.2, 0) is 4.74 Å². The second-order valence-corrected chi connectivity index (χ2v) is 5.05. The molecule has 1 aromatic heterocycles. The van der Waals surface area contributed by atoms with E-state index < -0.39 is 5.97 Å². The minimum absolute atomic E-state index is 0.132. The molecule has 0 amide bonds.